The predicted molar refractivity (Wildman–Crippen MR) is 95.6 cm³/mol. The first-order valence-corrected chi connectivity index (χ1v) is 8.68. The summed E-state index contributed by atoms with van der Waals surface area (Å²) in [5.74, 6) is -0.100. The lowest BCUT2D eigenvalue weighted by atomic mass is 9.89. The Labute approximate surface area is 159 Å². The SMILES string of the molecule is O=CC(F)=CN1CCC(c2cccnc2Nc2ccc(C(F)(F)F)nc2)CC1. The Kier molecular flexibility index (Phi) is 5.91. The molecule has 0 atom stereocenters. The number of pyridine rings is 2. The van der Waals surface area contributed by atoms with Crippen molar-refractivity contribution < 1.29 is 22.4 Å². The Morgan fingerprint density at radius 3 is 2.54 bits per heavy atom. The third kappa shape index (κ3) is 4.85. The van der Waals surface area contributed by atoms with E-state index in [9.17, 15) is 22.4 Å². The molecule has 2 aromatic rings. The number of hydrogen-bond donors (Lipinski definition) is 1. The standard InChI is InChI=1S/C19H18F4N4O/c20-14(12-28)11-27-8-5-13(6-9-27)16-2-1-7-24-18(16)26-15-3-4-17(25-10-15)19(21,22)23/h1-4,7,10-13H,5-6,8-9H2,(H,24,26). The summed E-state index contributed by atoms with van der Waals surface area (Å²) >= 11 is 0. The van der Waals surface area contributed by atoms with Crippen LogP contribution < -0.4 is 5.32 Å². The number of piperidine rings is 1. The van der Waals surface area contributed by atoms with Crippen LogP contribution in [-0.4, -0.2) is 34.2 Å². The minimum atomic E-state index is -4.49. The van der Waals surface area contributed by atoms with E-state index < -0.39 is 17.7 Å². The number of nitrogens with one attached hydrogen (secondary N) is 1. The molecule has 2 aromatic heterocycles. The first kappa shape index (κ1) is 19.8. The normalized spacial score (nSPS) is 16.1. The minimum Gasteiger partial charge on any atom is -0.375 e. The Morgan fingerprint density at radius 1 is 1.18 bits per heavy atom. The summed E-state index contributed by atoms with van der Waals surface area (Å²) in [6.07, 6.45) is 1.08. The van der Waals surface area contributed by atoms with Crippen LogP contribution in [0.4, 0.5) is 29.1 Å². The van der Waals surface area contributed by atoms with E-state index in [0.717, 1.165) is 30.7 Å². The molecule has 0 saturated carbocycles. The molecule has 0 aromatic carbocycles. The number of likely N-dealkylation sites (tertiary alicyclic amines) is 1. The first-order valence-electron chi connectivity index (χ1n) is 8.68. The van der Waals surface area contributed by atoms with Crippen LogP contribution in [0.3, 0.4) is 0 Å². The van der Waals surface area contributed by atoms with Crippen LogP contribution in [-0.2, 0) is 11.0 Å². The summed E-state index contributed by atoms with van der Waals surface area (Å²) in [6.45, 7) is 1.17. The molecule has 28 heavy (non-hydrogen) atoms. The molecule has 1 aliphatic heterocycles. The zero-order chi connectivity index (χ0) is 20.1. The fraction of sp³-hybridized carbons (Fsp3) is 0.316. The molecule has 1 aliphatic rings. The fourth-order valence-corrected chi connectivity index (χ4v) is 3.17. The van der Waals surface area contributed by atoms with Gasteiger partial charge in [0, 0.05) is 25.5 Å². The Bertz CT molecular complexity index is 844. The molecule has 0 spiro atoms. The molecule has 9 heteroatoms. The largest absolute Gasteiger partial charge is 0.433 e. The van der Waals surface area contributed by atoms with E-state index in [1.54, 1.807) is 17.2 Å². The van der Waals surface area contributed by atoms with E-state index in [1.807, 2.05) is 6.07 Å². The Balaban J connectivity index is 1.71. The van der Waals surface area contributed by atoms with Gasteiger partial charge < -0.3 is 10.2 Å². The lowest BCUT2D eigenvalue weighted by Crippen LogP contribution is -2.29. The molecule has 3 heterocycles. The van der Waals surface area contributed by atoms with Crippen LogP contribution in [0.25, 0.3) is 0 Å². The number of rotatable bonds is 5. The lowest BCUT2D eigenvalue weighted by Gasteiger charge is -2.31. The van der Waals surface area contributed by atoms with Crippen molar-refractivity contribution in [3.63, 3.8) is 0 Å². The van der Waals surface area contributed by atoms with Crippen molar-refractivity contribution >= 4 is 17.8 Å². The monoisotopic (exact) mass is 394 g/mol. The number of halogens is 4. The summed E-state index contributed by atoms with van der Waals surface area (Å²) in [4.78, 5) is 19.9. The number of nitrogens with zero attached hydrogens (tertiary/aromatic N) is 3. The zero-order valence-electron chi connectivity index (χ0n) is 14.8. The maximum atomic E-state index is 13.1. The van der Waals surface area contributed by atoms with Gasteiger partial charge in [-0.25, -0.2) is 14.4 Å². The van der Waals surface area contributed by atoms with Gasteiger partial charge in [-0.05, 0) is 42.5 Å². The highest BCUT2D eigenvalue weighted by Crippen LogP contribution is 2.34. The average molecular weight is 394 g/mol. The molecule has 0 radical (unpaired) electrons. The molecule has 5 nitrogen and oxygen atoms in total. The number of carbonyl (C=O) groups is 1. The fourth-order valence-electron chi connectivity index (χ4n) is 3.17. The molecule has 3 rings (SSSR count). The van der Waals surface area contributed by atoms with Crippen LogP contribution in [0.5, 0.6) is 0 Å². The van der Waals surface area contributed by atoms with Gasteiger partial charge in [0.1, 0.15) is 11.5 Å². The van der Waals surface area contributed by atoms with E-state index in [4.69, 9.17) is 0 Å². The Hall–Kier alpha value is -2.97. The predicted octanol–water partition coefficient (Wildman–Crippen LogP) is 4.43. The second-order valence-corrected chi connectivity index (χ2v) is 6.44. The number of carbonyl (C=O) groups excluding carboxylic acids is 1. The maximum absolute atomic E-state index is 13.1. The van der Waals surface area contributed by atoms with Crippen molar-refractivity contribution in [1.82, 2.24) is 14.9 Å². The number of anilines is 2. The van der Waals surface area contributed by atoms with E-state index >= 15 is 0 Å². The van der Waals surface area contributed by atoms with Crippen molar-refractivity contribution in [2.75, 3.05) is 18.4 Å². The second-order valence-electron chi connectivity index (χ2n) is 6.44. The van der Waals surface area contributed by atoms with Gasteiger partial charge in [0.15, 0.2) is 12.1 Å². The quantitative estimate of drug-likeness (QED) is 0.462. The third-order valence-electron chi connectivity index (χ3n) is 4.54. The van der Waals surface area contributed by atoms with Gasteiger partial charge in [0.25, 0.3) is 0 Å². The molecule has 1 N–H and O–H groups in total. The molecule has 0 aliphatic carbocycles. The molecule has 148 valence electrons. The van der Waals surface area contributed by atoms with Crippen molar-refractivity contribution in [2.24, 2.45) is 0 Å². The number of aldehydes is 1. The van der Waals surface area contributed by atoms with Crippen molar-refractivity contribution in [3.05, 3.63) is 59.9 Å². The smallest absolute Gasteiger partial charge is 0.375 e. The second kappa shape index (κ2) is 8.37. The number of alkyl halides is 3. The van der Waals surface area contributed by atoms with E-state index in [-0.39, 0.29) is 12.2 Å². The summed E-state index contributed by atoms with van der Waals surface area (Å²) in [5.41, 5.74) is 0.380. The highest BCUT2D eigenvalue weighted by Gasteiger charge is 2.32. The van der Waals surface area contributed by atoms with E-state index in [1.165, 1.54) is 12.3 Å². The summed E-state index contributed by atoms with van der Waals surface area (Å²) in [5, 5.41) is 3.03. The molecule has 0 amide bonds. The first-order chi connectivity index (χ1) is 13.4. The number of aromatic nitrogens is 2. The summed E-state index contributed by atoms with van der Waals surface area (Å²) < 4.78 is 51.0. The van der Waals surface area contributed by atoms with Crippen LogP contribution in [0.1, 0.15) is 30.0 Å². The van der Waals surface area contributed by atoms with E-state index in [0.29, 0.717) is 24.6 Å². The molecular weight excluding hydrogens is 376 g/mol. The van der Waals surface area contributed by atoms with Crippen LogP contribution in [0.2, 0.25) is 0 Å². The molecule has 0 bridgehead atoms. The summed E-state index contributed by atoms with van der Waals surface area (Å²) in [6, 6.07) is 5.93. The van der Waals surface area contributed by atoms with Crippen LogP contribution in [0.15, 0.2) is 48.7 Å². The average Bonchev–Trinajstić information content (AvgIpc) is 2.69. The van der Waals surface area contributed by atoms with Crippen LogP contribution >= 0.6 is 0 Å². The van der Waals surface area contributed by atoms with Gasteiger partial charge in [0.05, 0.1) is 11.9 Å². The topological polar surface area (TPSA) is 58.1 Å². The van der Waals surface area contributed by atoms with Crippen molar-refractivity contribution in [3.8, 4) is 0 Å². The maximum Gasteiger partial charge on any atom is 0.433 e. The highest BCUT2D eigenvalue weighted by atomic mass is 19.4. The van der Waals surface area contributed by atoms with Crippen molar-refractivity contribution in [2.45, 2.75) is 24.9 Å². The minimum absolute atomic E-state index is 0.155. The highest BCUT2D eigenvalue weighted by molar-refractivity contribution is 5.69. The van der Waals surface area contributed by atoms with Gasteiger partial charge >= 0.3 is 6.18 Å². The van der Waals surface area contributed by atoms with Gasteiger partial charge in [-0.15, -0.1) is 0 Å². The third-order valence-corrected chi connectivity index (χ3v) is 4.54. The van der Waals surface area contributed by atoms with Gasteiger partial charge in [-0.2, -0.15) is 13.2 Å². The molecule has 1 saturated heterocycles. The van der Waals surface area contributed by atoms with Gasteiger partial charge in [0.2, 0.25) is 0 Å². The number of allylic oxidation sites excluding steroid dienone is 1. The van der Waals surface area contributed by atoms with Crippen LogP contribution in [0, 0.1) is 0 Å². The lowest BCUT2D eigenvalue weighted by molar-refractivity contribution is -0.141. The molecule has 0 unspecified atom stereocenters. The van der Waals surface area contributed by atoms with Crippen molar-refractivity contribution in [1.29, 1.82) is 0 Å². The summed E-state index contributed by atoms with van der Waals surface area (Å²) in [7, 11) is 0. The zero-order valence-corrected chi connectivity index (χ0v) is 14.8. The number of hydrogen-bond acceptors (Lipinski definition) is 5. The molecule has 1 fully saturated rings. The Morgan fingerprint density at radius 2 is 1.93 bits per heavy atom. The van der Waals surface area contributed by atoms with Gasteiger partial charge in [-0.1, -0.05) is 6.07 Å². The van der Waals surface area contributed by atoms with E-state index in [2.05, 4.69) is 15.3 Å². The van der Waals surface area contributed by atoms with Gasteiger partial charge in [-0.3, -0.25) is 4.79 Å². The molecular formula is C19H18F4N4O.